The Kier molecular flexibility index (Phi) is 3.98. The van der Waals surface area contributed by atoms with Crippen molar-refractivity contribution in [2.45, 2.75) is 13.8 Å². The summed E-state index contributed by atoms with van der Waals surface area (Å²) in [5, 5.41) is 6.44. The maximum absolute atomic E-state index is 11.8. The second-order valence-electron chi connectivity index (χ2n) is 4.16. The highest BCUT2D eigenvalue weighted by Gasteiger charge is 2.26. The molecule has 0 atom stereocenters. The van der Waals surface area contributed by atoms with Gasteiger partial charge in [-0.2, -0.15) is 0 Å². The van der Waals surface area contributed by atoms with Crippen LogP contribution in [0.4, 0.5) is 5.00 Å². The monoisotopic (exact) mass is 268 g/mol. The number of thiophene rings is 1. The fourth-order valence-corrected chi connectivity index (χ4v) is 2.56. The molecule has 1 aromatic rings. The summed E-state index contributed by atoms with van der Waals surface area (Å²) in [6, 6.07) is 1.75. The maximum atomic E-state index is 11.8. The molecule has 1 aliphatic rings. The van der Waals surface area contributed by atoms with Crippen LogP contribution in [-0.4, -0.2) is 31.6 Å². The summed E-state index contributed by atoms with van der Waals surface area (Å²) in [6.45, 7) is 5.38. The first-order chi connectivity index (χ1) is 8.61. The summed E-state index contributed by atoms with van der Waals surface area (Å²) >= 11 is 1.40. The molecule has 98 valence electrons. The van der Waals surface area contributed by atoms with Crippen molar-refractivity contribution in [3.63, 3.8) is 0 Å². The zero-order valence-corrected chi connectivity index (χ0v) is 11.2. The number of anilines is 1. The Morgan fingerprint density at radius 2 is 2.28 bits per heavy atom. The van der Waals surface area contributed by atoms with Crippen molar-refractivity contribution >= 4 is 28.2 Å². The van der Waals surface area contributed by atoms with E-state index >= 15 is 0 Å². The lowest BCUT2D eigenvalue weighted by molar-refractivity contribution is -0.121. The van der Waals surface area contributed by atoms with Gasteiger partial charge >= 0.3 is 5.97 Å². The SMILES string of the molecule is CCOC(=O)c1cc(C)sc1NC(=O)C1CNC1. The van der Waals surface area contributed by atoms with Crippen LogP contribution in [0, 0.1) is 12.8 Å². The first-order valence-corrected chi connectivity index (χ1v) is 6.72. The van der Waals surface area contributed by atoms with E-state index in [-0.39, 0.29) is 17.8 Å². The zero-order chi connectivity index (χ0) is 13.1. The average molecular weight is 268 g/mol. The lowest BCUT2D eigenvalue weighted by Gasteiger charge is -2.25. The van der Waals surface area contributed by atoms with E-state index in [1.54, 1.807) is 13.0 Å². The van der Waals surface area contributed by atoms with Crippen LogP contribution in [0.5, 0.6) is 0 Å². The van der Waals surface area contributed by atoms with E-state index in [0.29, 0.717) is 30.3 Å². The molecule has 1 fully saturated rings. The Bertz CT molecular complexity index is 466. The van der Waals surface area contributed by atoms with Crippen molar-refractivity contribution in [1.29, 1.82) is 0 Å². The first kappa shape index (κ1) is 13.0. The van der Waals surface area contributed by atoms with Crippen molar-refractivity contribution in [1.82, 2.24) is 5.32 Å². The molecular weight excluding hydrogens is 252 g/mol. The van der Waals surface area contributed by atoms with Crippen LogP contribution in [0.25, 0.3) is 0 Å². The first-order valence-electron chi connectivity index (χ1n) is 5.91. The van der Waals surface area contributed by atoms with Crippen molar-refractivity contribution in [3.05, 3.63) is 16.5 Å². The number of hydrogen-bond acceptors (Lipinski definition) is 5. The molecule has 1 aliphatic heterocycles. The second kappa shape index (κ2) is 5.49. The Morgan fingerprint density at radius 1 is 1.56 bits per heavy atom. The van der Waals surface area contributed by atoms with Crippen LogP contribution in [0.15, 0.2) is 6.07 Å². The minimum absolute atomic E-state index is 0.00227. The molecule has 0 bridgehead atoms. The van der Waals surface area contributed by atoms with E-state index in [2.05, 4.69) is 10.6 Å². The molecule has 0 saturated carbocycles. The molecule has 1 saturated heterocycles. The molecule has 2 N–H and O–H groups in total. The Morgan fingerprint density at radius 3 is 2.83 bits per heavy atom. The van der Waals surface area contributed by atoms with Gasteiger partial charge in [-0.1, -0.05) is 0 Å². The van der Waals surface area contributed by atoms with Gasteiger partial charge in [-0.05, 0) is 19.9 Å². The van der Waals surface area contributed by atoms with Gasteiger partial charge in [-0.15, -0.1) is 11.3 Å². The quantitative estimate of drug-likeness (QED) is 0.810. The van der Waals surface area contributed by atoms with E-state index in [9.17, 15) is 9.59 Å². The minimum atomic E-state index is -0.385. The van der Waals surface area contributed by atoms with Crippen molar-refractivity contribution in [2.75, 3.05) is 25.0 Å². The lowest BCUT2D eigenvalue weighted by Crippen LogP contribution is -2.48. The van der Waals surface area contributed by atoms with E-state index < -0.39 is 0 Å². The van der Waals surface area contributed by atoms with Crippen molar-refractivity contribution in [2.24, 2.45) is 5.92 Å². The van der Waals surface area contributed by atoms with Gasteiger partial charge in [0, 0.05) is 18.0 Å². The van der Waals surface area contributed by atoms with Crippen LogP contribution in [0.3, 0.4) is 0 Å². The summed E-state index contributed by atoms with van der Waals surface area (Å²) in [5.41, 5.74) is 0.444. The van der Waals surface area contributed by atoms with E-state index in [4.69, 9.17) is 4.74 Å². The third kappa shape index (κ3) is 2.70. The molecule has 5 nitrogen and oxygen atoms in total. The number of rotatable bonds is 4. The molecule has 0 aliphatic carbocycles. The van der Waals surface area contributed by atoms with Crippen LogP contribution in [-0.2, 0) is 9.53 Å². The van der Waals surface area contributed by atoms with Gasteiger partial charge in [0.05, 0.1) is 18.1 Å². The number of ether oxygens (including phenoxy) is 1. The van der Waals surface area contributed by atoms with Gasteiger partial charge in [0.25, 0.3) is 0 Å². The fraction of sp³-hybridized carbons (Fsp3) is 0.500. The van der Waals surface area contributed by atoms with Gasteiger partial charge in [-0.3, -0.25) is 4.79 Å². The Balaban J connectivity index is 2.11. The van der Waals surface area contributed by atoms with Gasteiger partial charge in [0.1, 0.15) is 5.00 Å². The summed E-state index contributed by atoms with van der Waals surface area (Å²) in [7, 11) is 0. The molecule has 2 rings (SSSR count). The third-order valence-corrected chi connectivity index (χ3v) is 3.71. The van der Waals surface area contributed by atoms with Crippen molar-refractivity contribution < 1.29 is 14.3 Å². The van der Waals surface area contributed by atoms with Gasteiger partial charge < -0.3 is 15.4 Å². The molecule has 0 radical (unpaired) electrons. The topological polar surface area (TPSA) is 67.4 Å². The number of aryl methyl sites for hydroxylation is 1. The van der Waals surface area contributed by atoms with Crippen molar-refractivity contribution in [3.8, 4) is 0 Å². The normalized spacial score (nSPS) is 15.0. The molecule has 1 aromatic heterocycles. The van der Waals surface area contributed by atoms with Crippen LogP contribution in [0.2, 0.25) is 0 Å². The summed E-state index contributed by atoms with van der Waals surface area (Å²) in [6.07, 6.45) is 0. The molecule has 6 heteroatoms. The smallest absolute Gasteiger partial charge is 0.341 e. The largest absolute Gasteiger partial charge is 0.462 e. The Hall–Kier alpha value is -1.40. The highest BCUT2D eigenvalue weighted by molar-refractivity contribution is 7.16. The number of carbonyl (C=O) groups excluding carboxylic acids is 2. The molecule has 2 heterocycles. The number of esters is 1. The fourth-order valence-electron chi connectivity index (χ4n) is 1.66. The highest BCUT2D eigenvalue weighted by Crippen LogP contribution is 2.28. The standard InChI is InChI=1S/C12H16N2O3S/c1-3-17-12(16)9-4-7(2)18-11(9)14-10(15)8-5-13-6-8/h4,8,13H,3,5-6H2,1-2H3,(H,14,15). The predicted octanol–water partition coefficient (Wildman–Crippen LogP) is 1.39. The predicted molar refractivity (Wildman–Crippen MR) is 70.0 cm³/mol. The van der Waals surface area contributed by atoms with Crippen LogP contribution < -0.4 is 10.6 Å². The van der Waals surface area contributed by atoms with Gasteiger partial charge in [-0.25, -0.2) is 4.79 Å². The summed E-state index contributed by atoms with van der Waals surface area (Å²) in [4.78, 5) is 24.5. The molecule has 0 aromatic carbocycles. The van der Waals surface area contributed by atoms with Gasteiger partial charge in [0.15, 0.2) is 0 Å². The summed E-state index contributed by atoms with van der Waals surface area (Å²) in [5.74, 6) is -0.424. The molecule has 0 unspecified atom stereocenters. The van der Waals surface area contributed by atoms with E-state index in [0.717, 1.165) is 4.88 Å². The van der Waals surface area contributed by atoms with E-state index in [1.807, 2.05) is 6.92 Å². The summed E-state index contributed by atoms with van der Waals surface area (Å²) < 4.78 is 4.97. The van der Waals surface area contributed by atoms with Gasteiger partial charge in [0.2, 0.25) is 5.91 Å². The number of carbonyl (C=O) groups is 2. The maximum Gasteiger partial charge on any atom is 0.341 e. The zero-order valence-electron chi connectivity index (χ0n) is 10.4. The number of hydrogen-bond donors (Lipinski definition) is 2. The highest BCUT2D eigenvalue weighted by atomic mass is 32.1. The number of nitrogens with one attached hydrogen (secondary N) is 2. The van der Waals surface area contributed by atoms with Crippen LogP contribution in [0.1, 0.15) is 22.2 Å². The Labute approximate surface area is 110 Å². The molecule has 0 spiro atoms. The molecular formula is C12H16N2O3S. The second-order valence-corrected chi connectivity index (χ2v) is 5.42. The third-order valence-electron chi connectivity index (χ3n) is 2.74. The number of amides is 1. The molecule has 18 heavy (non-hydrogen) atoms. The lowest BCUT2D eigenvalue weighted by atomic mass is 10.0. The average Bonchev–Trinajstić information content (AvgIpc) is 2.57. The van der Waals surface area contributed by atoms with E-state index in [1.165, 1.54) is 11.3 Å². The molecule has 1 amide bonds. The minimum Gasteiger partial charge on any atom is -0.462 e. The van der Waals surface area contributed by atoms with Crippen LogP contribution >= 0.6 is 11.3 Å².